The minimum absolute atomic E-state index is 0.132. The van der Waals surface area contributed by atoms with Crippen LogP contribution in [0.2, 0.25) is 0 Å². The Labute approximate surface area is 146 Å². The summed E-state index contributed by atoms with van der Waals surface area (Å²) in [6.45, 7) is 2.48. The molecule has 0 fully saturated rings. The molecule has 1 aliphatic heterocycles. The molecule has 2 aliphatic rings. The third kappa shape index (κ3) is 2.83. The zero-order valence-electron chi connectivity index (χ0n) is 13.9. The van der Waals surface area contributed by atoms with E-state index >= 15 is 0 Å². The van der Waals surface area contributed by atoms with Gasteiger partial charge in [-0.25, -0.2) is 0 Å². The van der Waals surface area contributed by atoms with E-state index < -0.39 is 0 Å². The third-order valence-electron chi connectivity index (χ3n) is 4.40. The van der Waals surface area contributed by atoms with Crippen LogP contribution in [0.1, 0.15) is 37.7 Å². The van der Waals surface area contributed by atoms with Gasteiger partial charge in [0, 0.05) is 23.3 Å². The maximum absolute atomic E-state index is 12.7. The molecule has 1 N–H and O–H groups in total. The summed E-state index contributed by atoms with van der Waals surface area (Å²) in [4.78, 5) is 12.7. The zero-order chi connectivity index (χ0) is 17.1. The second kappa shape index (κ2) is 7.14. The number of carbonyl (C=O) groups is 1. The first kappa shape index (κ1) is 16.7. The molecule has 24 heavy (non-hydrogen) atoms. The minimum Gasteiger partial charge on any atom is -0.494 e. The van der Waals surface area contributed by atoms with Gasteiger partial charge in [0.2, 0.25) is 0 Å². The van der Waals surface area contributed by atoms with E-state index in [1.807, 2.05) is 37.4 Å². The predicted molar refractivity (Wildman–Crippen MR) is 95.5 cm³/mol. The molecule has 0 amide bonds. The normalized spacial score (nSPS) is 20.4. The number of carbonyl (C=O) groups excluding carboxylic acids is 1. The summed E-state index contributed by atoms with van der Waals surface area (Å²) >= 11 is 1.51. The van der Waals surface area contributed by atoms with Gasteiger partial charge in [-0.1, -0.05) is 18.2 Å². The van der Waals surface area contributed by atoms with Crippen LogP contribution in [-0.2, 0) is 4.79 Å². The SMILES string of the molecule is CCOc1ccccc1C1C(C#N)=C(SC)NC2=C1C(=O)CCC2. The van der Waals surface area contributed by atoms with Gasteiger partial charge in [0.05, 0.1) is 29.2 Å². The number of Topliss-reactive ketones (excluding diaryl/α,β-unsaturated/α-hetero) is 1. The molecule has 0 saturated carbocycles. The lowest BCUT2D eigenvalue weighted by atomic mass is 9.76. The molecule has 1 atom stereocenters. The molecule has 0 aromatic heterocycles. The van der Waals surface area contributed by atoms with E-state index in [4.69, 9.17) is 4.74 Å². The van der Waals surface area contributed by atoms with Crippen LogP contribution in [-0.4, -0.2) is 18.6 Å². The van der Waals surface area contributed by atoms with E-state index in [1.54, 1.807) is 0 Å². The van der Waals surface area contributed by atoms with E-state index in [0.717, 1.165) is 40.5 Å². The van der Waals surface area contributed by atoms with Crippen LogP contribution in [0, 0.1) is 11.3 Å². The van der Waals surface area contributed by atoms with E-state index in [-0.39, 0.29) is 11.7 Å². The summed E-state index contributed by atoms with van der Waals surface area (Å²) in [6, 6.07) is 10.0. The van der Waals surface area contributed by atoms with Crippen molar-refractivity contribution < 1.29 is 9.53 Å². The maximum Gasteiger partial charge on any atom is 0.161 e. The number of rotatable bonds is 4. The number of thioether (sulfide) groups is 1. The first-order valence-electron chi connectivity index (χ1n) is 8.14. The summed E-state index contributed by atoms with van der Waals surface area (Å²) in [6.07, 6.45) is 4.19. The number of hydrogen-bond acceptors (Lipinski definition) is 5. The number of para-hydroxylation sites is 1. The Balaban J connectivity index is 2.21. The fourth-order valence-electron chi connectivity index (χ4n) is 3.40. The van der Waals surface area contributed by atoms with Crippen LogP contribution >= 0.6 is 11.8 Å². The number of benzene rings is 1. The fourth-order valence-corrected chi connectivity index (χ4v) is 4.01. The van der Waals surface area contributed by atoms with Gasteiger partial charge in [-0.15, -0.1) is 11.8 Å². The summed E-state index contributed by atoms with van der Waals surface area (Å²) in [5.74, 6) is 0.530. The molecule has 5 heteroatoms. The van der Waals surface area contributed by atoms with E-state index in [9.17, 15) is 10.1 Å². The number of hydrogen-bond donors (Lipinski definition) is 1. The van der Waals surface area contributed by atoms with Crippen molar-refractivity contribution in [3.8, 4) is 11.8 Å². The Morgan fingerprint density at radius 1 is 1.38 bits per heavy atom. The highest BCUT2D eigenvalue weighted by Crippen LogP contribution is 2.45. The summed E-state index contributed by atoms with van der Waals surface area (Å²) in [5.41, 5.74) is 3.20. The molecule has 0 radical (unpaired) electrons. The Morgan fingerprint density at radius 2 is 2.17 bits per heavy atom. The van der Waals surface area contributed by atoms with Gasteiger partial charge in [0.1, 0.15) is 5.75 Å². The first-order valence-corrected chi connectivity index (χ1v) is 9.37. The quantitative estimate of drug-likeness (QED) is 0.901. The molecule has 0 bridgehead atoms. The number of nitrogens with one attached hydrogen (secondary N) is 1. The molecular weight excluding hydrogens is 320 g/mol. The fraction of sp³-hybridized carbons (Fsp3) is 0.368. The zero-order valence-corrected chi connectivity index (χ0v) is 14.7. The van der Waals surface area contributed by atoms with Crippen LogP contribution in [0.4, 0.5) is 0 Å². The van der Waals surface area contributed by atoms with Gasteiger partial charge in [0.25, 0.3) is 0 Å². The summed E-state index contributed by atoms with van der Waals surface area (Å²) in [7, 11) is 0. The van der Waals surface area contributed by atoms with Gasteiger partial charge in [0.15, 0.2) is 5.78 Å². The monoisotopic (exact) mass is 340 g/mol. The molecule has 1 aromatic rings. The molecule has 1 unspecified atom stereocenters. The van der Waals surface area contributed by atoms with Gasteiger partial charge in [-0.3, -0.25) is 4.79 Å². The molecule has 124 valence electrons. The highest BCUT2D eigenvalue weighted by atomic mass is 32.2. The van der Waals surface area contributed by atoms with Crippen molar-refractivity contribution in [3.63, 3.8) is 0 Å². The summed E-state index contributed by atoms with van der Waals surface area (Å²) < 4.78 is 5.77. The predicted octanol–water partition coefficient (Wildman–Crippen LogP) is 3.88. The molecule has 1 heterocycles. The van der Waals surface area contributed by atoms with Crippen LogP contribution < -0.4 is 10.1 Å². The van der Waals surface area contributed by atoms with Crippen molar-refractivity contribution in [1.29, 1.82) is 5.26 Å². The van der Waals surface area contributed by atoms with Crippen LogP contribution in [0.3, 0.4) is 0 Å². The van der Waals surface area contributed by atoms with Gasteiger partial charge >= 0.3 is 0 Å². The van der Waals surface area contributed by atoms with E-state index in [1.165, 1.54) is 11.8 Å². The molecule has 3 rings (SSSR count). The highest BCUT2D eigenvalue weighted by Gasteiger charge is 2.37. The highest BCUT2D eigenvalue weighted by molar-refractivity contribution is 8.02. The summed E-state index contributed by atoms with van der Waals surface area (Å²) in [5, 5.41) is 13.9. The number of nitrogens with zero attached hydrogens (tertiary/aromatic N) is 1. The Morgan fingerprint density at radius 3 is 2.88 bits per heavy atom. The van der Waals surface area contributed by atoms with Crippen LogP contribution in [0.15, 0.2) is 46.1 Å². The van der Waals surface area contributed by atoms with Gasteiger partial charge in [-0.05, 0) is 32.1 Å². The van der Waals surface area contributed by atoms with Gasteiger partial charge < -0.3 is 10.1 Å². The van der Waals surface area contributed by atoms with Crippen molar-refractivity contribution in [2.24, 2.45) is 0 Å². The number of nitriles is 1. The molecule has 1 aromatic carbocycles. The average Bonchev–Trinajstić information content (AvgIpc) is 2.61. The van der Waals surface area contributed by atoms with Crippen LogP contribution in [0.25, 0.3) is 0 Å². The molecule has 1 aliphatic carbocycles. The number of ketones is 1. The largest absolute Gasteiger partial charge is 0.494 e. The van der Waals surface area contributed by atoms with Gasteiger partial charge in [-0.2, -0.15) is 5.26 Å². The lowest BCUT2D eigenvalue weighted by Crippen LogP contribution is -2.31. The topological polar surface area (TPSA) is 62.1 Å². The standard InChI is InChI=1S/C19H20N2O2S/c1-3-23-16-10-5-4-7-12(16)17-13(11-20)19(24-2)21-14-8-6-9-15(22)18(14)17/h4-5,7,10,17,21H,3,6,8-9H2,1-2H3. The molecular formula is C19H20N2O2S. The van der Waals surface area contributed by atoms with Crippen molar-refractivity contribution >= 4 is 17.5 Å². The van der Waals surface area contributed by atoms with E-state index in [2.05, 4.69) is 11.4 Å². The van der Waals surface area contributed by atoms with Crippen molar-refractivity contribution in [2.75, 3.05) is 12.9 Å². The number of dihydropyridines is 1. The lowest BCUT2D eigenvalue weighted by molar-refractivity contribution is -0.116. The maximum atomic E-state index is 12.7. The molecule has 4 nitrogen and oxygen atoms in total. The average molecular weight is 340 g/mol. The number of allylic oxidation sites excluding steroid dienone is 3. The Hall–Kier alpha value is -2.19. The molecule has 0 saturated heterocycles. The van der Waals surface area contributed by atoms with Crippen LogP contribution in [0.5, 0.6) is 5.75 Å². The Kier molecular flexibility index (Phi) is 4.96. The number of ether oxygens (including phenoxy) is 1. The smallest absolute Gasteiger partial charge is 0.161 e. The second-order valence-electron chi connectivity index (χ2n) is 5.76. The van der Waals surface area contributed by atoms with Crippen molar-refractivity contribution in [1.82, 2.24) is 5.32 Å². The second-order valence-corrected chi connectivity index (χ2v) is 6.57. The third-order valence-corrected chi connectivity index (χ3v) is 5.13. The van der Waals surface area contributed by atoms with E-state index in [0.29, 0.717) is 18.6 Å². The van der Waals surface area contributed by atoms with Crippen molar-refractivity contribution in [3.05, 3.63) is 51.7 Å². The first-order chi connectivity index (χ1) is 11.7. The minimum atomic E-state index is -0.343. The Bertz CT molecular complexity index is 774. The van der Waals surface area contributed by atoms with Crippen molar-refractivity contribution in [2.45, 2.75) is 32.1 Å². The lowest BCUT2D eigenvalue weighted by Gasteiger charge is -2.33. The molecule has 0 spiro atoms.